The number of nitrogens with one attached hydrogen (secondary N) is 2. The second-order valence-electron chi connectivity index (χ2n) is 7.52. The quantitative estimate of drug-likeness (QED) is 0.595. The van der Waals surface area contributed by atoms with E-state index in [9.17, 15) is 9.59 Å². The number of carbonyl (C=O) groups is 2. The van der Waals surface area contributed by atoms with Gasteiger partial charge in [-0.05, 0) is 31.2 Å². The molecule has 4 rings (SSSR count). The lowest BCUT2D eigenvalue weighted by Crippen LogP contribution is -2.36. The number of urea groups is 1. The van der Waals surface area contributed by atoms with E-state index in [0.717, 1.165) is 44.4 Å². The Kier molecular flexibility index (Phi) is 5.38. The molecule has 3 amide bonds. The Labute approximate surface area is 159 Å². The molecular formula is C20H27N3O2S. The number of thioether (sulfide) groups is 1. The summed E-state index contributed by atoms with van der Waals surface area (Å²) in [5, 5.41) is 6.50. The first-order chi connectivity index (χ1) is 12.7. The van der Waals surface area contributed by atoms with Crippen LogP contribution in [0.4, 0.5) is 4.79 Å². The van der Waals surface area contributed by atoms with Crippen molar-refractivity contribution in [2.45, 2.75) is 61.9 Å². The summed E-state index contributed by atoms with van der Waals surface area (Å²) in [6, 6.07) is 11.2. The van der Waals surface area contributed by atoms with Crippen LogP contribution in [0.1, 0.15) is 50.1 Å². The molecule has 3 heterocycles. The maximum absolute atomic E-state index is 12.7. The summed E-state index contributed by atoms with van der Waals surface area (Å²) in [4.78, 5) is 26.2. The number of hydrogen-bond acceptors (Lipinski definition) is 3. The number of amides is 3. The van der Waals surface area contributed by atoms with Crippen LogP contribution in [-0.2, 0) is 4.79 Å². The van der Waals surface area contributed by atoms with Gasteiger partial charge in [0.1, 0.15) is 0 Å². The fourth-order valence-electron chi connectivity index (χ4n) is 4.50. The van der Waals surface area contributed by atoms with Crippen molar-refractivity contribution in [1.82, 2.24) is 15.5 Å². The van der Waals surface area contributed by atoms with Crippen molar-refractivity contribution in [3.05, 3.63) is 35.9 Å². The van der Waals surface area contributed by atoms with Gasteiger partial charge in [0, 0.05) is 24.0 Å². The zero-order valence-corrected chi connectivity index (χ0v) is 15.8. The van der Waals surface area contributed by atoms with Crippen LogP contribution in [0.5, 0.6) is 0 Å². The smallest absolute Gasteiger partial charge is 0.315 e. The van der Waals surface area contributed by atoms with Gasteiger partial charge in [0.25, 0.3) is 0 Å². The van der Waals surface area contributed by atoms with Crippen LogP contribution in [0, 0.1) is 0 Å². The average Bonchev–Trinajstić information content (AvgIpc) is 3.35. The molecule has 0 bridgehead atoms. The molecule has 4 atom stereocenters. The number of rotatable bonds is 6. The molecule has 1 aromatic carbocycles. The second kappa shape index (κ2) is 7.91. The lowest BCUT2D eigenvalue weighted by Gasteiger charge is -2.25. The van der Waals surface area contributed by atoms with Gasteiger partial charge in [-0.25, -0.2) is 4.79 Å². The van der Waals surface area contributed by atoms with E-state index >= 15 is 0 Å². The average molecular weight is 374 g/mol. The highest BCUT2D eigenvalue weighted by molar-refractivity contribution is 8.00. The zero-order valence-electron chi connectivity index (χ0n) is 15.0. The summed E-state index contributed by atoms with van der Waals surface area (Å²) in [5.41, 5.74) is 1.26. The van der Waals surface area contributed by atoms with Gasteiger partial charge in [-0.15, -0.1) is 0 Å². The van der Waals surface area contributed by atoms with E-state index in [4.69, 9.17) is 0 Å². The first-order valence-corrected chi connectivity index (χ1v) is 10.8. The van der Waals surface area contributed by atoms with Gasteiger partial charge in [0.2, 0.25) is 5.91 Å². The third-order valence-electron chi connectivity index (χ3n) is 5.82. The van der Waals surface area contributed by atoms with Gasteiger partial charge >= 0.3 is 6.03 Å². The molecular weight excluding hydrogens is 346 g/mol. The van der Waals surface area contributed by atoms with Crippen LogP contribution in [-0.4, -0.2) is 46.5 Å². The highest BCUT2D eigenvalue weighted by Gasteiger charge is 2.42. The summed E-state index contributed by atoms with van der Waals surface area (Å²) >= 11 is 1.95. The van der Waals surface area contributed by atoms with E-state index in [-0.39, 0.29) is 24.2 Å². The summed E-state index contributed by atoms with van der Waals surface area (Å²) in [7, 11) is 0. The van der Waals surface area contributed by atoms with Gasteiger partial charge in [0.05, 0.1) is 18.1 Å². The Balaban J connectivity index is 1.22. The fraction of sp³-hybridized carbons (Fsp3) is 0.600. The van der Waals surface area contributed by atoms with Gasteiger partial charge in [-0.2, -0.15) is 11.8 Å². The SMILES string of the molecule is O=C1N[C@H]2[C@H](CS[C@H]2CCCCC(=O)N2CCC[C@@H]2c2ccccc2)N1. The van der Waals surface area contributed by atoms with Gasteiger partial charge < -0.3 is 15.5 Å². The first kappa shape index (κ1) is 17.7. The van der Waals surface area contributed by atoms with E-state index < -0.39 is 0 Å². The van der Waals surface area contributed by atoms with Gasteiger partial charge in [-0.1, -0.05) is 36.8 Å². The molecule has 26 heavy (non-hydrogen) atoms. The van der Waals surface area contributed by atoms with Crippen LogP contribution >= 0.6 is 11.8 Å². The standard InChI is InChI=1S/C20H27N3O2S/c24-18(23-12-6-9-16(23)14-7-2-1-3-8-14)11-5-4-10-17-19-15(13-26-17)21-20(25)22-19/h1-3,7-8,15-17,19H,4-6,9-13H2,(H2,21,22,25)/t15-,16+,17-,19-/m0/s1. The van der Waals surface area contributed by atoms with Crippen molar-refractivity contribution in [3.63, 3.8) is 0 Å². The van der Waals surface area contributed by atoms with Crippen LogP contribution < -0.4 is 10.6 Å². The van der Waals surface area contributed by atoms with Crippen molar-refractivity contribution in [3.8, 4) is 0 Å². The first-order valence-electron chi connectivity index (χ1n) is 9.75. The minimum Gasteiger partial charge on any atom is -0.336 e. The van der Waals surface area contributed by atoms with E-state index in [1.807, 2.05) is 17.8 Å². The van der Waals surface area contributed by atoms with Crippen LogP contribution in [0.25, 0.3) is 0 Å². The Morgan fingerprint density at radius 3 is 2.88 bits per heavy atom. The number of fused-ring (bicyclic) bond motifs is 1. The number of unbranched alkanes of at least 4 members (excludes halogenated alkanes) is 1. The minimum atomic E-state index is -0.0264. The summed E-state index contributed by atoms with van der Waals surface area (Å²) in [6.45, 7) is 0.887. The number of hydrogen-bond donors (Lipinski definition) is 2. The predicted molar refractivity (Wildman–Crippen MR) is 104 cm³/mol. The normalized spacial score (nSPS) is 30.2. The lowest BCUT2D eigenvalue weighted by atomic mass is 10.0. The minimum absolute atomic E-state index is 0.0264. The molecule has 140 valence electrons. The Bertz CT molecular complexity index is 654. The molecule has 0 spiro atoms. The van der Waals surface area contributed by atoms with Crippen molar-refractivity contribution < 1.29 is 9.59 Å². The van der Waals surface area contributed by atoms with Crippen molar-refractivity contribution >= 4 is 23.7 Å². The largest absolute Gasteiger partial charge is 0.336 e. The molecule has 3 aliphatic heterocycles. The van der Waals surface area contributed by atoms with Crippen LogP contribution in [0.15, 0.2) is 30.3 Å². The van der Waals surface area contributed by atoms with Crippen molar-refractivity contribution in [1.29, 1.82) is 0 Å². The van der Waals surface area contributed by atoms with Gasteiger partial charge in [0.15, 0.2) is 0 Å². The number of nitrogens with zero attached hydrogens (tertiary/aromatic N) is 1. The van der Waals surface area contributed by atoms with Crippen molar-refractivity contribution in [2.24, 2.45) is 0 Å². The number of carbonyl (C=O) groups excluding carboxylic acids is 2. The van der Waals surface area contributed by atoms with Gasteiger partial charge in [-0.3, -0.25) is 4.79 Å². The molecule has 3 aliphatic rings. The topological polar surface area (TPSA) is 61.4 Å². The van der Waals surface area contributed by atoms with E-state index in [1.54, 1.807) is 0 Å². The Morgan fingerprint density at radius 2 is 2.04 bits per heavy atom. The predicted octanol–water partition coefficient (Wildman–Crippen LogP) is 3.08. The molecule has 6 heteroatoms. The fourth-order valence-corrected chi connectivity index (χ4v) is 6.04. The third kappa shape index (κ3) is 3.70. The second-order valence-corrected chi connectivity index (χ2v) is 8.80. The highest BCUT2D eigenvalue weighted by Crippen LogP contribution is 2.34. The van der Waals surface area contributed by atoms with E-state index in [0.29, 0.717) is 17.6 Å². The third-order valence-corrected chi connectivity index (χ3v) is 7.33. The Hall–Kier alpha value is -1.69. The molecule has 5 nitrogen and oxygen atoms in total. The maximum atomic E-state index is 12.7. The Morgan fingerprint density at radius 1 is 1.19 bits per heavy atom. The molecule has 0 unspecified atom stereocenters. The summed E-state index contributed by atoms with van der Waals surface area (Å²) in [6.07, 6.45) is 5.87. The molecule has 2 N–H and O–H groups in total. The summed E-state index contributed by atoms with van der Waals surface area (Å²) in [5.74, 6) is 1.30. The molecule has 0 saturated carbocycles. The molecule has 1 aromatic rings. The van der Waals surface area contributed by atoms with E-state index in [1.165, 1.54) is 5.56 Å². The molecule has 0 aliphatic carbocycles. The number of likely N-dealkylation sites (tertiary alicyclic amines) is 1. The maximum Gasteiger partial charge on any atom is 0.315 e. The molecule has 3 fully saturated rings. The lowest BCUT2D eigenvalue weighted by molar-refractivity contribution is -0.132. The highest BCUT2D eigenvalue weighted by atomic mass is 32.2. The van der Waals surface area contributed by atoms with Crippen LogP contribution in [0.2, 0.25) is 0 Å². The monoisotopic (exact) mass is 373 g/mol. The van der Waals surface area contributed by atoms with Crippen LogP contribution in [0.3, 0.4) is 0 Å². The molecule has 0 radical (unpaired) electrons. The zero-order chi connectivity index (χ0) is 17.9. The molecule has 3 saturated heterocycles. The van der Waals surface area contributed by atoms with Crippen molar-refractivity contribution in [2.75, 3.05) is 12.3 Å². The number of benzene rings is 1. The van der Waals surface area contributed by atoms with E-state index in [2.05, 4.69) is 39.8 Å². The molecule has 0 aromatic heterocycles. The summed E-state index contributed by atoms with van der Waals surface area (Å²) < 4.78 is 0.